The van der Waals surface area contributed by atoms with Gasteiger partial charge in [0.2, 0.25) is 0 Å². The summed E-state index contributed by atoms with van der Waals surface area (Å²) < 4.78 is 5.89. The molecule has 1 N–H and O–H groups in total. The number of para-hydroxylation sites is 1. The molecule has 0 aliphatic heterocycles. The van der Waals surface area contributed by atoms with Gasteiger partial charge in [-0.05, 0) is 61.1 Å². The van der Waals surface area contributed by atoms with Crippen LogP contribution in [-0.4, -0.2) is 5.91 Å². The van der Waals surface area contributed by atoms with Crippen LogP contribution in [0, 0.1) is 11.3 Å². The van der Waals surface area contributed by atoms with E-state index in [-0.39, 0.29) is 5.91 Å². The van der Waals surface area contributed by atoms with Crippen molar-refractivity contribution in [2.24, 2.45) is 0 Å². The van der Waals surface area contributed by atoms with E-state index in [0.717, 1.165) is 40.3 Å². The van der Waals surface area contributed by atoms with Crippen molar-refractivity contribution in [3.8, 4) is 11.8 Å². The Morgan fingerprint density at radius 1 is 1.10 bits per heavy atom. The molecule has 5 heteroatoms. The normalized spacial score (nSPS) is 12.7. The van der Waals surface area contributed by atoms with Gasteiger partial charge in [0.05, 0.1) is 17.4 Å². The van der Waals surface area contributed by atoms with Gasteiger partial charge in [-0.2, -0.15) is 5.26 Å². The molecular weight excluding hydrogens is 380 g/mol. The van der Waals surface area contributed by atoms with Crippen molar-refractivity contribution in [3.05, 3.63) is 81.0 Å². The summed E-state index contributed by atoms with van der Waals surface area (Å²) in [6.45, 7) is 0.356. The van der Waals surface area contributed by atoms with Gasteiger partial charge in [0.25, 0.3) is 5.91 Å². The highest BCUT2D eigenvalue weighted by atomic mass is 32.1. The molecule has 0 unspecified atom stereocenters. The first-order valence-electron chi connectivity index (χ1n) is 9.82. The number of carbonyl (C=O) groups excluding carboxylic acids is 1. The molecule has 29 heavy (non-hydrogen) atoms. The molecule has 0 saturated carbocycles. The molecule has 0 radical (unpaired) electrons. The lowest BCUT2D eigenvalue weighted by atomic mass is 9.99. The molecule has 0 atom stereocenters. The average Bonchev–Trinajstić information content (AvgIpc) is 3.19. The zero-order chi connectivity index (χ0) is 20.1. The summed E-state index contributed by atoms with van der Waals surface area (Å²) in [6, 6.07) is 19.4. The van der Waals surface area contributed by atoms with Crippen molar-refractivity contribution >= 4 is 22.9 Å². The number of nitrogens with zero attached hydrogens (tertiary/aromatic N) is 1. The van der Waals surface area contributed by atoms with E-state index >= 15 is 0 Å². The Labute approximate surface area is 174 Å². The zero-order valence-electron chi connectivity index (χ0n) is 16.1. The minimum absolute atomic E-state index is 0.0577. The van der Waals surface area contributed by atoms with Crippen molar-refractivity contribution in [1.82, 2.24) is 0 Å². The Kier molecular flexibility index (Phi) is 5.92. The van der Waals surface area contributed by atoms with Crippen molar-refractivity contribution < 1.29 is 9.53 Å². The van der Waals surface area contributed by atoms with Crippen molar-refractivity contribution in [1.29, 1.82) is 5.26 Å². The van der Waals surface area contributed by atoms with Crippen LogP contribution in [0.1, 0.15) is 44.1 Å². The number of ether oxygens (including phenoxy) is 1. The number of aryl methyl sites for hydroxylation is 2. The number of fused-ring (bicyclic) bond motifs is 1. The molecule has 0 saturated heterocycles. The quantitative estimate of drug-likeness (QED) is 0.590. The molecule has 146 valence electrons. The summed E-state index contributed by atoms with van der Waals surface area (Å²) in [5, 5.41) is 11.8. The first-order valence-corrected chi connectivity index (χ1v) is 10.6. The molecule has 4 rings (SSSR count). The number of anilines is 1. The monoisotopic (exact) mass is 402 g/mol. The number of hydrogen-bond acceptors (Lipinski definition) is 4. The van der Waals surface area contributed by atoms with Gasteiger partial charge < -0.3 is 10.1 Å². The van der Waals surface area contributed by atoms with Crippen molar-refractivity contribution in [3.63, 3.8) is 0 Å². The van der Waals surface area contributed by atoms with Crippen LogP contribution in [-0.2, 0) is 25.9 Å². The Morgan fingerprint density at radius 2 is 1.90 bits per heavy atom. The van der Waals surface area contributed by atoms with Gasteiger partial charge in [-0.1, -0.05) is 30.3 Å². The molecule has 1 aromatic heterocycles. The van der Waals surface area contributed by atoms with E-state index < -0.39 is 0 Å². The first-order chi connectivity index (χ1) is 14.2. The third kappa shape index (κ3) is 4.67. The topological polar surface area (TPSA) is 62.1 Å². The summed E-state index contributed by atoms with van der Waals surface area (Å²) in [6.07, 6.45) is 4.98. The smallest absolute Gasteiger partial charge is 0.265 e. The summed E-state index contributed by atoms with van der Waals surface area (Å²) in [5.41, 5.74) is 3.99. The molecule has 3 aromatic rings. The molecule has 1 aliphatic rings. The Morgan fingerprint density at radius 3 is 2.69 bits per heavy atom. The summed E-state index contributed by atoms with van der Waals surface area (Å²) in [4.78, 5) is 14.9. The van der Waals surface area contributed by atoms with Crippen LogP contribution < -0.4 is 10.1 Å². The number of benzene rings is 2. The van der Waals surface area contributed by atoms with E-state index in [1.807, 2.05) is 48.5 Å². The van der Waals surface area contributed by atoms with Gasteiger partial charge in [0, 0.05) is 16.1 Å². The largest absolute Gasteiger partial charge is 0.489 e. The van der Waals surface area contributed by atoms with E-state index in [1.54, 1.807) is 11.3 Å². The fourth-order valence-corrected chi connectivity index (χ4v) is 4.66. The van der Waals surface area contributed by atoms with E-state index in [1.165, 1.54) is 23.3 Å². The highest BCUT2D eigenvalue weighted by Crippen LogP contribution is 2.30. The predicted octanol–water partition coefficient (Wildman–Crippen LogP) is 5.52. The highest BCUT2D eigenvalue weighted by Gasteiger charge is 2.18. The number of nitrogens with one attached hydrogen (secondary N) is 1. The maximum Gasteiger partial charge on any atom is 0.265 e. The SMILES string of the molecule is N#CCc1ccc(OCc2ccccc2NC(=O)c2cc3c(s2)CCCC3)cc1. The zero-order valence-corrected chi connectivity index (χ0v) is 16.9. The van der Waals surface area contributed by atoms with E-state index in [4.69, 9.17) is 10.00 Å². The lowest BCUT2D eigenvalue weighted by Gasteiger charge is -2.12. The average molecular weight is 403 g/mol. The second-order valence-electron chi connectivity index (χ2n) is 7.14. The standard InChI is InChI=1S/C24H22N2O2S/c25-14-13-17-9-11-20(12-10-17)28-16-19-6-1-3-7-21(19)26-24(27)23-15-18-5-2-4-8-22(18)29-23/h1,3,6-7,9-12,15H,2,4-5,8,13,16H2,(H,26,27). The molecule has 4 nitrogen and oxygen atoms in total. The second kappa shape index (κ2) is 8.93. The van der Waals surface area contributed by atoms with Crippen LogP contribution in [0.5, 0.6) is 5.75 Å². The van der Waals surface area contributed by atoms with Crippen molar-refractivity contribution in [2.75, 3.05) is 5.32 Å². The lowest BCUT2D eigenvalue weighted by molar-refractivity contribution is 0.103. The molecule has 1 aliphatic carbocycles. The van der Waals surface area contributed by atoms with Crippen LogP contribution in [0.3, 0.4) is 0 Å². The van der Waals surface area contributed by atoms with Crippen LogP contribution >= 0.6 is 11.3 Å². The molecule has 1 amide bonds. The summed E-state index contributed by atoms with van der Waals surface area (Å²) in [7, 11) is 0. The van der Waals surface area contributed by atoms with Crippen LogP contribution in [0.2, 0.25) is 0 Å². The van der Waals surface area contributed by atoms with Crippen LogP contribution in [0.4, 0.5) is 5.69 Å². The number of carbonyl (C=O) groups is 1. The minimum atomic E-state index is -0.0577. The Bertz CT molecular complexity index is 1020. The molecule has 0 spiro atoms. The number of nitriles is 1. The lowest BCUT2D eigenvalue weighted by Crippen LogP contribution is -2.12. The third-order valence-electron chi connectivity index (χ3n) is 5.09. The van der Waals surface area contributed by atoms with Gasteiger partial charge in [-0.25, -0.2) is 0 Å². The predicted molar refractivity (Wildman–Crippen MR) is 115 cm³/mol. The molecule has 0 fully saturated rings. The fraction of sp³-hybridized carbons (Fsp3) is 0.250. The van der Waals surface area contributed by atoms with Gasteiger partial charge in [-0.15, -0.1) is 11.3 Å². The van der Waals surface area contributed by atoms with E-state index in [9.17, 15) is 4.79 Å². The summed E-state index contributed by atoms with van der Waals surface area (Å²) >= 11 is 1.62. The molecule has 0 bridgehead atoms. The van der Waals surface area contributed by atoms with Crippen LogP contribution in [0.15, 0.2) is 54.6 Å². The Balaban J connectivity index is 1.43. The van der Waals surface area contributed by atoms with Gasteiger partial charge in [0.15, 0.2) is 0 Å². The first kappa shape index (κ1) is 19.2. The number of hydrogen-bond donors (Lipinski definition) is 1. The number of rotatable bonds is 6. The maximum atomic E-state index is 12.8. The number of amides is 1. The molecule has 1 heterocycles. The third-order valence-corrected chi connectivity index (χ3v) is 6.32. The molecule has 2 aromatic carbocycles. The van der Waals surface area contributed by atoms with Crippen molar-refractivity contribution in [2.45, 2.75) is 38.7 Å². The maximum absolute atomic E-state index is 12.8. The van der Waals surface area contributed by atoms with Crippen LogP contribution in [0.25, 0.3) is 0 Å². The molecular formula is C24H22N2O2S. The minimum Gasteiger partial charge on any atom is -0.489 e. The number of thiophene rings is 1. The second-order valence-corrected chi connectivity index (χ2v) is 8.28. The fourth-order valence-electron chi connectivity index (χ4n) is 3.51. The Hall–Kier alpha value is -3.10. The highest BCUT2D eigenvalue weighted by molar-refractivity contribution is 7.14. The van der Waals surface area contributed by atoms with Gasteiger partial charge >= 0.3 is 0 Å². The summed E-state index contributed by atoms with van der Waals surface area (Å²) in [5.74, 6) is 0.677. The van der Waals surface area contributed by atoms with E-state index in [2.05, 4.69) is 17.5 Å². The van der Waals surface area contributed by atoms with E-state index in [0.29, 0.717) is 13.0 Å². The van der Waals surface area contributed by atoms with Gasteiger partial charge in [0.1, 0.15) is 12.4 Å². The van der Waals surface area contributed by atoms with Gasteiger partial charge in [-0.3, -0.25) is 4.79 Å².